The number of aromatic nitrogens is 4. The van der Waals surface area contributed by atoms with Crippen LogP contribution in [0.1, 0.15) is 18.4 Å². The molecule has 6 nitrogen and oxygen atoms in total. The molecule has 1 N–H and O–H groups in total. The Hall–Kier alpha value is -3.26. The molecule has 0 spiro atoms. The summed E-state index contributed by atoms with van der Waals surface area (Å²) in [5, 5.41) is 20.9. The summed E-state index contributed by atoms with van der Waals surface area (Å²) >= 11 is 1.69. The van der Waals surface area contributed by atoms with Crippen LogP contribution in [0.25, 0.3) is 27.9 Å². The number of hydrogen-bond acceptors (Lipinski definition) is 6. The van der Waals surface area contributed by atoms with E-state index in [0.29, 0.717) is 26.1 Å². The van der Waals surface area contributed by atoms with Crippen LogP contribution in [0.2, 0.25) is 0 Å². The van der Waals surface area contributed by atoms with Gasteiger partial charge in [-0.3, -0.25) is 9.38 Å². The number of pyridine rings is 2. The number of nitrogens with zero attached hydrogens (tertiary/aromatic N) is 4. The van der Waals surface area contributed by atoms with Gasteiger partial charge in [-0.1, -0.05) is 23.9 Å². The first-order valence-corrected chi connectivity index (χ1v) is 11.8. The van der Waals surface area contributed by atoms with E-state index in [1.54, 1.807) is 24.2 Å². The van der Waals surface area contributed by atoms with Crippen molar-refractivity contribution >= 4 is 28.3 Å². The van der Waals surface area contributed by atoms with Gasteiger partial charge in [-0.05, 0) is 65.5 Å². The zero-order chi connectivity index (χ0) is 22.3. The first kappa shape index (κ1) is 20.4. The third kappa shape index (κ3) is 3.78. The second-order valence-corrected chi connectivity index (χ2v) is 9.43. The highest BCUT2D eigenvalue weighted by Gasteiger charge is 2.31. The Bertz CT molecular complexity index is 1450. The van der Waals surface area contributed by atoms with E-state index >= 15 is 0 Å². The van der Waals surface area contributed by atoms with Gasteiger partial charge in [-0.2, -0.15) is 0 Å². The second-order valence-electron chi connectivity index (χ2n) is 8.29. The minimum absolute atomic E-state index is 0.594. The van der Waals surface area contributed by atoms with Crippen LogP contribution in [0.5, 0.6) is 0 Å². The molecule has 0 unspecified atom stereocenters. The summed E-state index contributed by atoms with van der Waals surface area (Å²) in [5.41, 5.74) is 2.94. The maximum Gasteiger partial charge on any atom is 0.170 e. The quantitative estimate of drug-likeness (QED) is 0.408. The molecule has 164 valence electrons. The lowest BCUT2D eigenvalue weighted by atomic mass is 9.87. The number of aliphatic hydroxyl groups is 1. The molecule has 33 heavy (non-hydrogen) atoms. The SMILES string of the molecule is OC1(c2cccc(Sc3ccc4c(ccc5nnc(-c6cccnc6)n54)c3)c2)CCOCC1. The number of rotatable bonds is 4. The topological polar surface area (TPSA) is 72.5 Å². The van der Waals surface area contributed by atoms with E-state index in [4.69, 9.17) is 4.74 Å². The first-order chi connectivity index (χ1) is 16.2. The van der Waals surface area contributed by atoms with Gasteiger partial charge in [0, 0.05) is 53.8 Å². The minimum atomic E-state index is -0.805. The molecule has 1 saturated heterocycles. The van der Waals surface area contributed by atoms with Gasteiger partial charge in [0.25, 0.3) is 0 Å². The molecule has 5 aromatic rings. The fourth-order valence-corrected chi connectivity index (χ4v) is 5.33. The summed E-state index contributed by atoms with van der Waals surface area (Å²) < 4.78 is 7.51. The Morgan fingerprint density at radius 1 is 0.909 bits per heavy atom. The van der Waals surface area contributed by atoms with E-state index in [2.05, 4.69) is 56.0 Å². The van der Waals surface area contributed by atoms with Crippen molar-refractivity contribution in [1.82, 2.24) is 19.6 Å². The maximum absolute atomic E-state index is 11.1. The zero-order valence-corrected chi connectivity index (χ0v) is 18.7. The van der Waals surface area contributed by atoms with E-state index in [1.807, 2.05) is 30.3 Å². The second kappa shape index (κ2) is 8.26. The van der Waals surface area contributed by atoms with Gasteiger partial charge in [0.1, 0.15) is 0 Å². The van der Waals surface area contributed by atoms with Crippen LogP contribution >= 0.6 is 11.8 Å². The lowest BCUT2D eigenvalue weighted by molar-refractivity contribution is -0.0680. The predicted octanol–water partition coefficient (Wildman–Crippen LogP) is 5.09. The molecule has 1 aliphatic heterocycles. The predicted molar refractivity (Wildman–Crippen MR) is 128 cm³/mol. The molecule has 6 rings (SSSR count). The summed E-state index contributed by atoms with van der Waals surface area (Å²) in [7, 11) is 0. The molecule has 2 aromatic carbocycles. The van der Waals surface area contributed by atoms with Gasteiger partial charge in [-0.25, -0.2) is 0 Å². The Balaban J connectivity index is 1.35. The van der Waals surface area contributed by atoms with Crippen LogP contribution in [0.3, 0.4) is 0 Å². The van der Waals surface area contributed by atoms with Gasteiger partial charge >= 0.3 is 0 Å². The Morgan fingerprint density at radius 3 is 2.64 bits per heavy atom. The van der Waals surface area contributed by atoms with E-state index in [0.717, 1.165) is 43.3 Å². The highest BCUT2D eigenvalue weighted by atomic mass is 32.2. The summed E-state index contributed by atoms with van der Waals surface area (Å²) in [6, 6.07) is 22.6. The van der Waals surface area contributed by atoms with Crippen molar-refractivity contribution in [3.05, 3.63) is 84.7 Å². The van der Waals surface area contributed by atoms with Crippen LogP contribution < -0.4 is 0 Å². The smallest absolute Gasteiger partial charge is 0.170 e. The fraction of sp³-hybridized carbons (Fsp3) is 0.192. The summed E-state index contributed by atoms with van der Waals surface area (Å²) in [4.78, 5) is 6.46. The van der Waals surface area contributed by atoms with Crippen molar-refractivity contribution in [2.75, 3.05) is 13.2 Å². The number of ether oxygens (including phenoxy) is 1. The third-order valence-electron chi connectivity index (χ3n) is 6.19. The van der Waals surface area contributed by atoms with Gasteiger partial charge in [0.2, 0.25) is 0 Å². The van der Waals surface area contributed by atoms with Crippen molar-refractivity contribution < 1.29 is 9.84 Å². The van der Waals surface area contributed by atoms with Gasteiger partial charge in [0.15, 0.2) is 11.5 Å². The van der Waals surface area contributed by atoms with Gasteiger partial charge in [-0.15, -0.1) is 10.2 Å². The van der Waals surface area contributed by atoms with E-state index in [-0.39, 0.29) is 0 Å². The molecular formula is C26H22N4O2S. The zero-order valence-electron chi connectivity index (χ0n) is 17.9. The molecule has 0 bridgehead atoms. The van der Waals surface area contributed by atoms with Crippen LogP contribution in [0.15, 0.2) is 88.9 Å². The number of hydrogen-bond donors (Lipinski definition) is 1. The molecule has 3 aromatic heterocycles. The van der Waals surface area contributed by atoms with Crippen molar-refractivity contribution in [1.29, 1.82) is 0 Å². The van der Waals surface area contributed by atoms with Crippen LogP contribution in [0.4, 0.5) is 0 Å². The fourth-order valence-electron chi connectivity index (χ4n) is 4.40. The van der Waals surface area contributed by atoms with Crippen LogP contribution in [-0.2, 0) is 10.3 Å². The highest BCUT2D eigenvalue weighted by molar-refractivity contribution is 7.99. The molecular weight excluding hydrogens is 432 g/mol. The first-order valence-electron chi connectivity index (χ1n) is 11.0. The Kier molecular flexibility index (Phi) is 5.10. The Labute approximate surface area is 195 Å². The molecule has 0 saturated carbocycles. The van der Waals surface area contributed by atoms with Crippen LogP contribution in [0, 0.1) is 0 Å². The molecule has 0 atom stereocenters. The van der Waals surface area contributed by atoms with Crippen LogP contribution in [-0.4, -0.2) is 37.9 Å². The average molecular weight is 455 g/mol. The van der Waals surface area contributed by atoms with E-state index < -0.39 is 5.60 Å². The standard InChI is InChI=1S/C26H22N4O2S/c31-26(10-13-32-14-11-26)20-4-1-5-21(16-20)33-22-7-8-23-18(15-22)6-9-24-28-29-25(30(23)24)19-3-2-12-27-17-19/h1-9,12,15-17,31H,10-11,13-14H2. The van der Waals surface area contributed by atoms with Crippen molar-refractivity contribution in [2.45, 2.75) is 28.2 Å². The monoisotopic (exact) mass is 454 g/mol. The molecule has 0 aliphatic carbocycles. The molecule has 0 radical (unpaired) electrons. The van der Waals surface area contributed by atoms with E-state index in [1.165, 1.54) is 0 Å². The normalized spacial score (nSPS) is 15.8. The molecule has 0 amide bonds. The summed E-state index contributed by atoms with van der Waals surface area (Å²) in [5.74, 6) is 0.779. The molecule has 1 fully saturated rings. The maximum atomic E-state index is 11.1. The van der Waals surface area contributed by atoms with Gasteiger partial charge in [0.05, 0.1) is 11.1 Å². The summed E-state index contributed by atoms with van der Waals surface area (Å²) in [6.07, 6.45) is 4.82. The molecule has 7 heteroatoms. The van der Waals surface area contributed by atoms with Gasteiger partial charge < -0.3 is 9.84 Å². The third-order valence-corrected chi connectivity index (χ3v) is 7.17. The summed E-state index contributed by atoms with van der Waals surface area (Å²) in [6.45, 7) is 1.19. The number of benzene rings is 2. The number of fused-ring (bicyclic) bond motifs is 3. The van der Waals surface area contributed by atoms with Crippen molar-refractivity contribution in [3.8, 4) is 11.4 Å². The largest absolute Gasteiger partial charge is 0.385 e. The average Bonchev–Trinajstić information content (AvgIpc) is 3.30. The van der Waals surface area contributed by atoms with Crippen molar-refractivity contribution in [3.63, 3.8) is 0 Å². The van der Waals surface area contributed by atoms with E-state index in [9.17, 15) is 5.11 Å². The minimum Gasteiger partial charge on any atom is -0.385 e. The lowest BCUT2D eigenvalue weighted by Crippen LogP contribution is -2.33. The molecule has 1 aliphatic rings. The van der Waals surface area contributed by atoms with Crippen molar-refractivity contribution in [2.24, 2.45) is 0 Å². The Morgan fingerprint density at radius 2 is 1.79 bits per heavy atom. The highest BCUT2D eigenvalue weighted by Crippen LogP contribution is 2.36. The molecule has 4 heterocycles. The lowest BCUT2D eigenvalue weighted by Gasteiger charge is -2.32.